The van der Waals surface area contributed by atoms with Crippen LogP contribution >= 0.6 is 0 Å². The molecule has 0 fully saturated rings. The van der Waals surface area contributed by atoms with Gasteiger partial charge < -0.3 is 18.3 Å². The Labute approximate surface area is 162 Å². The van der Waals surface area contributed by atoms with Gasteiger partial charge in [0.05, 0.1) is 0 Å². The number of hydrogen-bond donors (Lipinski definition) is 0. The first kappa shape index (κ1) is 32.9. The summed E-state index contributed by atoms with van der Waals surface area (Å²) < 4.78 is 20.6. The van der Waals surface area contributed by atoms with Gasteiger partial charge in [-0.1, -0.05) is 40.5 Å². The molecule has 4 nitrogen and oxygen atoms in total. The maximum absolute atomic E-state index is 6.01. The first-order valence-corrected chi connectivity index (χ1v) is 15.8. The zero-order valence-electron chi connectivity index (χ0n) is 19.4. The molecule has 0 aromatic rings. The second-order valence-electron chi connectivity index (χ2n) is 6.36. The molecule has 0 aliphatic carbocycles. The molecule has 0 spiro atoms. The highest BCUT2D eigenvalue weighted by atomic mass is 28.4. The van der Waals surface area contributed by atoms with E-state index < -0.39 is 17.4 Å². The van der Waals surface area contributed by atoms with Crippen LogP contribution in [-0.4, -0.2) is 58.5 Å². The molecule has 0 aliphatic heterocycles. The van der Waals surface area contributed by atoms with Gasteiger partial charge in [0, 0.05) is 41.2 Å². The van der Waals surface area contributed by atoms with Crippen LogP contribution in [0.3, 0.4) is 0 Å². The second kappa shape index (κ2) is 29.1. The Morgan fingerprint density at radius 1 is 0.720 bits per heavy atom. The first-order chi connectivity index (χ1) is 11.8. The predicted octanol–water partition coefficient (Wildman–Crippen LogP) is 5.73. The van der Waals surface area contributed by atoms with Crippen LogP contribution < -0.4 is 0 Å². The zero-order valence-corrected chi connectivity index (χ0v) is 21.5. The minimum absolute atomic E-state index is 0.799. The van der Waals surface area contributed by atoms with E-state index in [-0.39, 0.29) is 0 Å². The molecule has 0 aliphatic rings. The Morgan fingerprint density at radius 2 is 1.08 bits per heavy atom. The Kier molecular flexibility index (Phi) is 38.2. The van der Waals surface area contributed by atoms with Crippen molar-refractivity contribution in [2.75, 3.05) is 41.2 Å². The van der Waals surface area contributed by atoms with Crippen LogP contribution in [0.25, 0.3) is 0 Å². The van der Waals surface area contributed by atoms with Gasteiger partial charge >= 0.3 is 0 Å². The van der Waals surface area contributed by atoms with Crippen LogP contribution in [0, 0.1) is 0 Å². The highest BCUT2D eigenvalue weighted by molar-refractivity contribution is 6.77. The predicted molar refractivity (Wildman–Crippen MR) is 119 cm³/mol. The fourth-order valence-corrected chi connectivity index (χ4v) is 8.26. The molecule has 0 atom stereocenters. The highest BCUT2D eigenvalue weighted by Gasteiger charge is 2.22. The Bertz CT molecular complexity index is 198. The number of unbranched alkanes of at least 4 members (excludes halogenated alkanes) is 1. The quantitative estimate of drug-likeness (QED) is 0.329. The topological polar surface area (TPSA) is 36.9 Å². The fraction of sp³-hybridized carbons (Fsp3) is 1.00. The Hall–Kier alpha value is 0.274. The number of ether oxygens (including phenoxy) is 3. The van der Waals surface area contributed by atoms with Crippen LogP contribution in [0.15, 0.2) is 0 Å². The molecule has 0 N–H and O–H groups in total. The Morgan fingerprint density at radius 3 is 1.36 bits per heavy atom. The molecule has 0 aromatic heterocycles. The van der Waals surface area contributed by atoms with Crippen LogP contribution in [0.1, 0.15) is 53.4 Å². The van der Waals surface area contributed by atoms with Crippen molar-refractivity contribution in [2.24, 2.45) is 0 Å². The lowest BCUT2D eigenvalue weighted by molar-refractivity contribution is 0.138. The lowest BCUT2D eigenvalue weighted by atomic mass is 10.4. The largest absolute Gasteiger partial charge is 0.458 e. The van der Waals surface area contributed by atoms with E-state index in [1.165, 1.54) is 18.9 Å². The number of rotatable bonds is 11. The van der Waals surface area contributed by atoms with E-state index in [0.29, 0.717) is 0 Å². The highest BCUT2D eigenvalue weighted by Crippen LogP contribution is 2.14. The smallest absolute Gasteiger partial charge is 0.173 e. The average molecular weight is 399 g/mol. The van der Waals surface area contributed by atoms with Crippen molar-refractivity contribution in [3.05, 3.63) is 0 Å². The summed E-state index contributed by atoms with van der Waals surface area (Å²) in [6.07, 6.45) is 4.78. The van der Waals surface area contributed by atoms with Crippen molar-refractivity contribution in [1.29, 1.82) is 0 Å². The summed E-state index contributed by atoms with van der Waals surface area (Å²) >= 11 is 0. The molecule has 6 heteroatoms. The molecule has 0 amide bonds. The van der Waals surface area contributed by atoms with Crippen LogP contribution in [0.4, 0.5) is 0 Å². The monoisotopic (exact) mass is 398 g/mol. The molecule has 0 aromatic carbocycles. The average Bonchev–Trinajstić information content (AvgIpc) is 2.57. The van der Waals surface area contributed by atoms with E-state index in [9.17, 15) is 0 Å². The molecule has 25 heavy (non-hydrogen) atoms. The van der Waals surface area contributed by atoms with Crippen LogP contribution in [0.2, 0.25) is 32.2 Å². The zero-order chi connectivity index (χ0) is 20.6. The van der Waals surface area contributed by atoms with Crippen molar-refractivity contribution >= 4 is 17.4 Å². The normalized spacial score (nSPS) is 10.1. The molecule has 158 valence electrons. The molecule has 0 heterocycles. The van der Waals surface area contributed by atoms with Gasteiger partial charge in [0.25, 0.3) is 0 Å². The third kappa shape index (κ3) is 45.5. The van der Waals surface area contributed by atoms with Gasteiger partial charge in [0.1, 0.15) is 0 Å². The third-order valence-electron chi connectivity index (χ3n) is 2.88. The fourth-order valence-electron chi connectivity index (χ4n) is 1.69. The van der Waals surface area contributed by atoms with E-state index in [2.05, 4.69) is 40.0 Å². The van der Waals surface area contributed by atoms with Gasteiger partial charge in [0.15, 0.2) is 17.4 Å². The summed E-state index contributed by atoms with van der Waals surface area (Å²) in [4.78, 5) is 0. The van der Waals surface area contributed by atoms with Gasteiger partial charge in [-0.15, -0.1) is 0 Å². The lowest BCUT2D eigenvalue weighted by Crippen LogP contribution is -2.35. The first-order valence-electron chi connectivity index (χ1n) is 9.95. The van der Waals surface area contributed by atoms with Crippen molar-refractivity contribution in [3.8, 4) is 0 Å². The maximum Gasteiger partial charge on any atom is 0.173 e. The number of hydrogen-bond acceptors (Lipinski definition) is 4. The minimum atomic E-state index is -1.32. The van der Waals surface area contributed by atoms with Crippen molar-refractivity contribution in [1.82, 2.24) is 0 Å². The third-order valence-corrected chi connectivity index (χ3v) is 8.87. The van der Waals surface area contributed by atoms with Crippen molar-refractivity contribution in [2.45, 2.75) is 85.6 Å². The van der Waals surface area contributed by atoms with Crippen LogP contribution in [0.5, 0.6) is 0 Å². The van der Waals surface area contributed by atoms with E-state index in [0.717, 1.165) is 32.7 Å². The van der Waals surface area contributed by atoms with E-state index in [4.69, 9.17) is 18.3 Å². The summed E-state index contributed by atoms with van der Waals surface area (Å²) in [7, 11) is 2.99. The van der Waals surface area contributed by atoms with Gasteiger partial charge in [-0.3, -0.25) is 0 Å². The Balaban J connectivity index is -0.000000143. The van der Waals surface area contributed by atoms with Gasteiger partial charge in [-0.05, 0) is 45.1 Å². The summed E-state index contributed by atoms with van der Waals surface area (Å²) in [6.45, 7) is 19.9. The summed E-state index contributed by atoms with van der Waals surface area (Å²) in [6, 6.07) is 1.23. The van der Waals surface area contributed by atoms with Crippen LogP contribution in [-0.2, 0) is 18.3 Å². The SMILES string of the molecule is CC.CCCC.COCCCOC.COCCC[Si](C)(C)O[SiH](C)C. The van der Waals surface area contributed by atoms with Gasteiger partial charge in [0.2, 0.25) is 0 Å². The molecule has 0 unspecified atom stereocenters. The van der Waals surface area contributed by atoms with Crippen molar-refractivity contribution < 1.29 is 18.3 Å². The van der Waals surface area contributed by atoms with E-state index in [1.54, 1.807) is 21.3 Å². The maximum atomic E-state index is 6.01. The molecule has 0 saturated carbocycles. The molecular weight excluding hydrogens is 348 g/mol. The van der Waals surface area contributed by atoms with E-state index in [1.807, 2.05) is 13.8 Å². The second-order valence-corrected chi connectivity index (χ2v) is 13.4. The standard InChI is InChI=1S/C8H22O2Si2.C5H12O2.C4H10.C2H6/c1-9-7-6-8-12(4,5)10-11(2)3;1-6-4-3-5-7-2;1-3-4-2;1-2/h11H,6-8H2,1-5H3;3-5H2,1-2H3;3-4H2,1-2H3;1-2H3. The minimum Gasteiger partial charge on any atom is -0.458 e. The number of methoxy groups -OCH3 is 3. The lowest BCUT2D eigenvalue weighted by Gasteiger charge is -2.25. The molecule has 0 saturated heterocycles. The van der Waals surface area contributed by atoms with E-state index >= 15 is 0 Å². The van der Waals surface area contributed by atoms with Crippen molar-refractivity contribution in [3.63, 3.8) is 0 Å². The molecule has 0 bridgehead atoms. The summed E-state index contributed by atoms with van der Waals surface area (Å²) in [5, 5.41) is 0. The molecular formula is C19H50O4Si2. The molecule has 0 radical (unpaired) electrons. The summed E-state index contributed by atoms with van der Waals surface area (Å²) in [5.74, 6) is 0. The van der Waals surface area contributed by atoms with Gasteiger partial charge in [-0.2, -0.15) is 0 Å². The molecule has 0 rings (SSSR count). The summed E-state index contributed by atoms with van der Waals surface area (Å²) in [5.41, 5.74) is 0. The van der Waals surface area contributed by atoms with Gasteiger partial charge in [-0.25, -0.2) is 0 Å².